The van der Waals surface area contributed by atoms with Crippen molar-refractivity contribution < 1.29 is 0 Å². The molecule has 0 aromatic heterocycles. The van der Waals surface area contributed by atoms with Gasteiger partial charge in [-0.25, -0.2) is 0 Å². The van der Waals surface area contributed by atoms with E-state index in [-0.39, 0.29) is 4.83 Å². The molecule has 0 amide bonds. The van der Waals surface area contributed by atoms with E-state index in [4.69, 9.17) is 0 Å². The van der Waals surface area contributed by atoms with Crippen molar-refractivity contribution >= 4 is 43.6 Å². The van der Waals surface area contributed by atoms with E-state index in [1.807, 2.05) is 0 Å². The average molecular weight is 372 g/mol. The summed E-state index contributed by atoms with van der Waals surface area (Å²) in [7, 11) is 0. The summed E-state index contributed by atoms with van der Waals surface area (Å²) in [5.41, 5.74) is 2.55. The number of benzene rings is 2. The highest BCUT2D eigenvalue weighted by molar-refractivity contribution is 9.10. The van der Waals surface area contributed by atoms with Crippen LogP contribution in [0.2, 0.25) is 0 Å². The zero-order chi connectivity index (χ0) is 12.3. The van der Waals surface area contributed by atoms with E-state index in [1.54, 1.807) is 11.8 Å². The van der Waals surface area contributed by atoms with Gasteiger partial charge in [-0.15, -0.1) is 11.8 Å². The largest absolute Gasteiger partial charge is 0.130 e. The first-order chi connectivity index (χ1) is 8.20. The van der Waals surface area contributed by atoms with Crippen molar-refractivity contribution in [3.63, 3.8) is 0 Å². The summed E-state index contributed by atoms with van der Waals surface area (Å²) in [4.78, 5) is 1.55. The van der Waals surface area contributed by atoms with E-state index in [9.17, 15) is 0 Å². The Balaban J connectivity index is 2.23. The minimum Gasteiger partial charge on any atom is -0.130 e. The van der Waals surface area contributed by atoms with Crippen molar-refractivity contribution in [1.82, 2.24) is 0 Å². The standard InChI is InChI=1S/C14H12Br2S/c1-17-13-8-4-11(5-9-13)14(16)10-2-6-12(15)7-3-10/h2-9,14H,1H3. The maximum Gasteiger partial charge on any atom is 0.0644 e. The smallest absolute Gasteiger partial charge is 0.0644 e. The number of thioether (sulfide) groups is 1. The molecule has 1 unspecified atom stereocenters. The van der Waals surface area contributed by atoms with Crippen LogP contribution in [0.1, 0.15) is 16.0 Å². The Kier molecular flexibility index (Phi) is 4.71. The molecular formula is C14H12Br2S. The van der Waals surface area contributed by atoms with Crippen LogP contribution in [0, 0.1) is 0 Å². The molecule has 0 spiro atoms. The summed E-state index contributed by atoms with van der Waals surface area (Å²) in [6, 6.07) is 17.1. The molecule has 0 aliphatic heterocycles. The van der Waals surface area contributed by atoms with Gasteiger partial charge in [0.15, 0.2) is 0 Å². The highest BCUT2D eigenvalue weighted by Crippen LogP contribution is 2.32. The molecule has 0 fully saturated rings. The van der Waals surface area contributed by atoms with Crippen molar-refractivity contribution in [2.75, 3.05) is 6.26 Å². The number of alkyl halides is 1. The second kappa shape index (κ2) is 6.07. The number of hydrogen-bond donors (Lipinski definition) is 0. The quantitative estimate of drug-likeness (QED) is 0.495. The van der Waals surface area contributed by atoms with E-state index in [0.29, 0.717) is 0 Å². The minimum absolute atomic E-state index is 0.256. The monoisotopic (exact) mass is 370 g/mol. The highest BCUT2D eigenvalue weighted by atomic mass is 79.9. The molecule has 88 valence electrons. The fraction of sp³-hybridized carbons (Fsp3) is 0.143. The van der Waals surface area contributed by atoms with Crippen LogP contribution in [-0.2, 0) is 0 Å². The third-order valence-corrected chi connectivity index (χ3v) is 4.90. The van der Waals surface area contributed by atoms with Crippen LogP contribution in [0.3, 0.4) is 0 Å². The van der Waals surface area contributed by atoms with Gasteiger partial charge in [-0.1, -0.05) is 56.1 Å². The predicted molar refractivity (Wildman–Crippen MR) is 83.1 cm³/mol. The van der Waals surface area contributed by atoms with Gasteiger partial charge in [0.05, 0.1) is 4.83 Å². The van der Waals surface area contributed by atoms with Crippen molar-refractivity contribution in [2.24, 2.45) is 0 Å². The molecule has 0 nitrogen and oxygen atoms in total. The van der Waals surface area contributed by atoms with Crippen LogP contribution in [0.5, 0.6) is 0 Å². The normalized spacial score (nSPS) is 12.4. The lowest BCUT2D eigenvalue weighted by Crippen LogP contribution is -1.92. The number of hydrogen-bond acceptors (Lipinski definition) is 1. The van der Waals surface area contributed by atoms with Crippen molar-refractivity contribution in [3.05, 3.63) is 64.1 Å². The second-order valence-corrected chi connectivity index (χ2v) is 6.40. The summed E-state index contributed by atoms with van der Waals surface area (Å²) in [6.45, 7) is 0. The Morgan fingerprint density at radius 1 is 0.882 bits per heavy atom. The molecule has 2 aromatic carbocycles. The summed E-state index contributed by atoms with van der Waals surface area (Å²) in [6.07, 6.45) is 2.09. The fourth-order valence-electron chi connectivity index (χ4n) is 1.60. The van der Waals surface area contributed by atoms with Crippen LogP contribution >= 0.6 is 43.6 Å². The van der Waals surface area contributed by atoms with Gasteiger partial charge in [0.1, 0.15) is 0 Å². The van der Waals surface area contributed by atoms with Crippen molar-refractivity contribution in [2.45, 2.75) is 9.72 Å². The van der Waals surface area contributed by atoms with Gasteiger partial charge >= 0.3 is 0 Å². The fourth-order valence-corrected chi connectivity index (χ4v) is 2.88. The van der Waals surface area contributed by atoms with Gasteiger partial charge in [-0.2, -0.15) is 0 Å². The molecule has 17 heavy (non-hydrogen) atoms. The molecule has 0 aliphatic carbocycles. The molecule has 2 rings (SSSR count). The van der Waals surface area contributed by atoms with Gasteiger partial charge in [-0.05, 0) is 41.6 Å². The van der Waals surface area contributed by atoms with Crippen LogP contribution in [0.4, 0.5) is 0 Å². The molecule has 0 bridgehead atoms. The van der Waals surface area contributed by atoms with E-state index in [1.165, 1.54) is 16.0 Å². The van der Waals surface area contributed by atoms with Crippen LogP contribution in [0.15, 0.2) is 57.9 Å². The number of halogens is 2. The van der Waals surface area contributed by atoms with Gasteiger partial charge in [0, 0.05) is 9.37 Å². The van der Waals surface area contributed by atoms with Crippen LogP contribution in [0.25, 0.3) is 0 Å². The second-order valence-electron chi connectivity index (χ2n) is 3.69. The first kappa shape index (κ1) is 13.2. The maximum absolute atomic E-state index is 3.74. The zero-order valence-corrected chi connectivity index (χ0v) is 13.3. The minimum atomic E-state index is 0.256. The molecule has 0 aliphatic rings. The first-order valence-corrected chi connectivity index (χ1v) is 8.17. The summed E-state index contributed by atoms with van der Waals surface area (Å²) < 4.78 is 1.11. The summed E-state index contributed by atoms with van der Waals surface area (Å²) >= 11 is 8.96. The molecule has 0 N–H and O–H groups in total. The predicted octanol–water partition coefficient (Wildman–Crippen LogP) is 5.66. The lowest BCUT2D eigenvalue weighted by atomic mass is 10.1. The van der Waals surface area contributed by atoms with E-state index in [0.717, 1.165) is 4.47 Å². The zero-order valence-electron chi connectivity index (χ0n) is 9.36. The van der Waals surface area contributed by atoms with Gasteiger partial charge in [-0.3, -0.25) is 0 Å². The first-order valence-electron chi connectivity index (χ1n) is 5.24. The summed E-state index contributed by atoms with van der Waals surface area (Å²) in [5.74, 6) is 0. The van der Waals surface area contributed by atoms with Crippen LogP contribution in [-0.4, -0.2) is 6.26 Å². The third-order valence-electron chi connectivity index (χ3n) is 2.57. The molecule has 2 aromatic rings. The lowest BCUT2D eigenvalue weighted by molar-refractivity contribution is 1.16. The Morgan fingerprint density at radius 2 is 1.35 bits per heavy atom. The average Bonchev–Trinajstić information content (AvgIpc) is 2.39. The van der Waals surface area contributed by atoms with Crippen molar-refractivity contribution in [1.29, 1.82) is 0 Å². The summed E-state index contributed by atoms with van der Waals surface area (Å²) in [5, 5.41) is 0. The van der Waals surface area contributed by atoms with Crippen LogP contribution < -0.4 is 0 Å². The van der Waals surface area contributed by atoms with E-state index >= 15 is 0 Å². The molecule has 0 saturated heterocycles. The lowest BCUT2D eigenvalue weighted by Gasteiger charge is -2.11. The van der Waals surface area contributed by atoms with Gasteiger partial charge in [0.25, 0.3) is 0 Å². The highest BCUT2D eigenvalue weighted by Gasteiger charge is 2.09. The van der Waals surface area contributed by atoms with Crippen molar-refractivity contribution in [3.8, 4) is 0 Å². The Labute approximate surface area is 123 Å². The molecule has 0 saturated carbocycles. The Bertz CT molecular complexity index is 477. The van der Waals surface area contributed by atoms with E-state index in [2.05, 4.69) is 86.6 Å². The molecular weight excluding hydrogens is 360 g/mol. The Morgan fingerprint density at radius 3 is 1.82 bits per heavy atom. The topological polar surface area (TPSA) is 0 Å². The molecule has 0 heterocycles. The maximum atomic E-state index is 3.74. The van der Waals surface area contributed by atoms with E-state index < -0.39 is 0 Å². The SMILES string of the molecule is CSc1ccc(C(Br)c2ccc(Br)cc2)cc1. The molecule has 0 radical (unpaired) electrons. The van der Waals surface area contributed by atoms with Gasteiger partial charge < -0.3 is 0 Å². The van der Waals surface area contributed by atoms with Gasteiger partial charge in [0.2, 0.25) is 0 Å². The molecule has 3 heteroatoms. The number of rotatable bonds is 3. The Hall–Kier alpha value is -0.250. The molecule has 1 atom stereocenters. The third kappa shape index (κ3) is 3.36.